The Morgan fingerprint density at radius 3 is 2.42 bits per heavy atom. The number of nitrogens with one attached hydrogen (secondary N) is 1. The van der Waals surface area contributed by atoms with Crippen LogP contribution < -0.4 is 5.32 Å². The fourth-order valence-corrected chi connectivity index (χ4v) is 4.66. The summed E-state index contributed by atoms with van der Waals surface area (Å²) in [6, 6.07) is 5.14. The molecule has 0 unspecified atom stereocenters. The fraction of sp³-hybridized carbons (Fsp3) is 0.333. The summed E-state index contributed by atoms with van der Waals surface area (Å²) in [6.07, 6.45) is -4.82. The molecule has 0 bridgehead atoms. The number of alkyl halides is 3. The van der Waals surface area contributed by atoms with E-state index in [1.807, 2.05) is 0 Å². The van der Waals surface area contributed by atoms with Gasteiger partial charge in [0.05, 0.1) is 29.4 Å². The number of morpholine rings is 1. The van der Waals surface area contributed by atoms with Crippen molar-refractivity contribution in [3.63, 3.8) is 0 Å². The lowest BCUT2D eigenvalue weighted by Crippen LogP contribution is -2.40. The predicted octanol–water partition coefficient (Wildman–Crippen LogP) is 3.39. The molecule has 0 radical (unpaired) electrons. The second kappa shape index (κ2) is 8.77. The molecule has 0 saturated carbocycles. The molecule has 3 rings (SSSR count). The summed E-state index contributed by atoms with van der Waals surface area (Å²) in [5.41, 5.74) is -2.13. The number of sulfonamides is 1. The largest absolute Gasteiger partial charge is 0.416 e. The van der Waals surface area contributed by atoms with Crippen LogP contribution in [0.3, 0.4) is 0 Å². The van der Waals surface area contributed by atoms with Crippen molar-refractivity contribution >= 4 is 21.4 Å². The van der Waals surface area contributed by atoms with Gasteiger partial charge in [-0.3, -0.25) is 10.1 Å². The molecule has 0 aromatic heterocycles. The lowest BCUT2D eigenvalue weighted by atomic mass is 10.1. The summed E-state index contributed by atoms with van der Waals surface area (Å²) in [6.45, 7) is -0.150. The predicted molar refractivity (Wildman–Crippen MR) is 101 cm³/mol. The normalized spacial score (nSPS) is 15.6. The molecule has 1 fully saturated rings. The Bertz CT molecular complexity index is 1090. The SMILES string of the molecule is O=[N+]([O-])c1ccc(NCc2ccc(F)cc2C(F)(F)F)c(S(=O)(=O)N2CCOCC2)c1. The minimum Gasteiger partial charge on any atom is -0.380 e. The third-order valence-corrected chi connectivity index (χ3v) is 6.55. The number of halogens is 4. The number of rotatable bonds is 6. The van der Waals surface area contributed by atoms with E-state index in [4.69, 9.17) is 4.74 Å². The molecule has 1 heterocycles. The number of nitro benzene ring substituents is 1. The number of benzene rings is 2. The van der Waals surface area contributed by atoms with Crippen molar-refractivity contribution in [3.05, 3.63) is 63.5 Å². The zero-order valence-electron chi connectivity index (χ0n) is 15.9. The standard InChI is InChI=1S/C18H17F4N3O5S/c19-13-2-1-12(15(9-13)18(20,21)22)11-23-16-4-3-14(25(26)27)10-17(16)31(28,29)24-5-7-30-8-6-24/h1-4,9-10,23H,5-8,11H2. The molecule has 0 spiro atoms. The minimum absolute atomic E-state index is 0.0284. The molecule has 13 heteroatoms. The molecular formula is C18H17F4N3O5S. The van der Waals surface area contributed by atoms with Gasteiger partial charge < -0.3 is 10.1 Å². The Labute approximate surface area is 174 Å². The van der Waals surface area contributed by atoms with Gasteiger partial charge in [0.2, 0.25) is 10.0 Å². The van der Waals surface area contributed by atoms with Crippen molar-refractivity contribution in [2.45, 2.75) is 17.6 Å². The average molecular weight is 463 g/mol. The smallest absolute Gasteiger partial charge is 0.380 e. The zero-order chi connectivity index (χ0) is 22.8. The molecule has 8 nitrogen and oxygen atoms in total. The highest BCUT2D eigenvalue weighted by molar-refractivity contribution is 7.89. The van der Waals surface area contributed by atoms with E-state index < -0.39 is 49.6 Å². The van der Waals surface area contributed by atoms with Crippen LogP contribution in [0.15, 0.2) is 41.3 Å². The average Bonchev–Trinajstić information content (AvgIpc) is 2.72. The molecule has 0 amide bonds. The van der Waals surface area contributed by atoms with E-state index in [0.717, 1.165) is 34.6 Å². The van der Waals surface area contributed by atoms with Gasteiger partial charge in [-0.2, -0.15) is 17.5 Å². The first kappa shape index (κ1) is 22.9. The molecule has 2 aromatic rings. The molecular weight excluding hydrogens is 446 g/mol. The van der Waals surface area contributed by atoms with E-state index in [-0.39, 0.29) is 37.6 Å². The van der Waals surface area contributed by atoms with Gasteiger partial charge in [0, 0.05) is 31.8 Å². The maximum atomic E-state index is 13.3. The Kier molecular flexibility index (Phi) is 6.48. The Balaban J connectivity index is 1.98. The summed E-state index contributed by atoms with van der Waals surface area (Å²) < 4.78 is 85.3. The van der Waals surface area contributed by atoms with Crippen LogP contribution in [-0.2, 0) is 27.5 Å². The highest BCUT2D eigenvalue weighted by Gasteiger charge is 2.34. The quantitative estimate of drug-likeness (QED) is 0.400. The van der Waals surface area contributed by atoms with Crippen LogP contribution in [0.25, 0.3) is 0 Å². The molecule has 1 aliphatic heterocycles. The third-order valence-electron chi connectivity index (χ3n) is 4.61. The van der Waals surface area contributed by atoms with Crippen molar-refractivity contribution in [2.75, 3.05) is 31.6 Å². The number of non-ortho nitro benzene ring substituents is 1. The van der Waals surface area contributed by atoms with Crippen LogP contribution in [-0.4, -0.2) is 43.9 Å². The summed E-state index contributed by atoms with van der Waals surface area (Å²) in [4.78, 5) is 9.91. The summed E-state index contributed by atoms with van der Waals surface area (Å²) in [5, 5.41) is 13.7. The van der Waals surface area contributed by atoms with Gasteiger partial charge in [-0.25, -0.2) is 12.8 Å². The van der Waals surface area contributed by atoms with Crippen LogP contribution in [0.2, 0.25) is 0 Å². The Hall–Kier alpha value is -2.77. The number of anilines is 1. The van der Waals surface area contributed by atoms with Gasteiger partial charge in [0.1, 0.15) is 10.7 Å². The van der Waals surface area contributed by atoms with E-state index in [1.54, 1.807) is 0 Å². The minimum atomic E-state index is -4.82. The van der Waals surface area contributed by atoms with Crippen molar-refractivity contribution < 1.29 is 35.6 Å². The molecule has 1 N–H and O–H groups in total. The van der Waals surface area contributed by atoms with Gasteiger partial charge in [0.25, 0.3) is 5.69 Å². The van der Waals surface area contributed by atoms with E-state index in [1.165, 1.54) is 0 Å². The van der Waals surface area contributed by atoms with Crippen LogP contribution in [0.1, 0.15) is 11.1 Å². The van der Waals surface area contributed by atoms with Crippen LogP contribution in [0.5, 0.6) is 0 Å². The van der Waals surface area contributed by atoms with Crippen LogP contribution in [0, 0.1) is 15.9 Å². The molecule has 2 aromatic carbocycles. The number of hydrogen-bond acceptors (Lipinski definition) is 6. The number of hydrogen-bond donors (Lipinski definition) is 1. The summed E-state index contributed by atoms with van der Waals surface area (Å²) >= 11 is 0. The highest BCUT2D eigenvalue weighted by Crippen LogP contribution is 2.34. The van der Waals surface area contributed by atoms with E-state index in [2.05, 4.69) is 5.32 Å². The Morgan fingerprint density at radius 2 is 1.81 bits per heavy atom. The monoisotopic (exact) mass is 463 g/mol. The molecule has 1 aliphatic rings. The Morgan fingerprint density at radius 1 is 1.13 bits per heavy atom. The first-order chi connectivity index (χ1) is 14.5. The first-order valence-electron chi connectivity index (χ1n) is 8.96. The van der Waals surface area contributed by atoms with E-state index in [9.17, 15) is 36.1 Å². The van der Waals surface area contributed by atoms with E-state index >= 15 is 0 Å². The number of nitrogens with zero attached hydrogens (tertiary/aromatic N) is 2. The number of nitro groups is 1. The van der Waals surface area contributed by atoms with Crippen molar-refractivity contribution in [2.24, 2.45) is 0 Å². The second-order valence-electron chi connectivity index (χ2n) is 6.61. The van der Waals surface area contributed by atoms with Gasteiger partial charge in [-0.15, -0.1) is 0 Å². The summed E-state index contributed by atoms with van der Waals surface area (Å²) in [7, 11) is -4.19. The van der Waals surface area contributed by atoms with Gasteiger partial charge >= 0.3 is 6.18 Å². The zero-order valence-corrected chi connectivity index (χ0v) is 16.7. The summed E-state index contributed by atoms with van der Waals surface area (Å²) in [5.74, 6) is -1.07. The van der Waals surface area contributed by atoms with Gasteiger partial charge in [-0.05, 0) is 23.8 Å². The van der Waals surface area contributed by atoms with Gasteiger partial charge in [0.15, 0.2) is 0 Å². The van der Waals surface area contributed by atoms with Crippen molar-refractivity contribution in [3.8, 4) is 0 Å². The maximum absolute atomic E-state index is 13.3. The molecule has 31 heavy (non-hydrogen) atoms. The van der Waals surface area contributed by atoms with Crippen molar-refractivity contribution in [1.29, 1.82) is 0 Å². The molecule has 0 atom stereocenters. The highest BCUT2D eigenvalue weighted by atomic mass is 32.2. The lowest BCUT2D eigenvalue weighted by molar-refractivity contribution is -0.385. The molecule has 168 valence electrons. The lowest BCUT2D eigenvalue weighted by Gasteiger charge is -2.27. The van der Waals surface area contributed by atoms with Gasteiger partial charge in [-0.1, -0.05) is 6.07 Å². The van der Waals surface area contributed by atoms with Crippen LogP contribution in [0.4, 0.5) is 28.9 Å². The van der Waals surface area contributed by atoms with E-state index in [0.29, 0.717) is 6.07 Å². The fourth-order valence-electron chi connectivity index (χ4n) is 3.07. The van der Waals surface area contributed by atoms with Crippen molar-refractivity contribution in [1.82, 2.24) is 4.31 Å². The van der Waals surface area contributed by atoms with Crippen LogP contribution >= 0.6 is 0 Å². The third kappa shape index (κ3) is 5.11. The topological polar surface area (TPSA) is 102 Å². The second-order valence-corrected chi connectivity index (χ2v) is 8.51. The molecule has 0 aliphatic carbocycles. The first-order valence-corrected chi connectivity index (χ1v) is 10.4. The maximum Gasteiger partial charge on any atom is 0.416 e. The molecule has 1 saturated heterocycles. The number of ether oxygens (including phenoxy) is 1.